The zero-order chi connectivity index (χ0) is 24.9. The van der Waals surface area contributed by atoms with Gasteiger partial charge in [0.25, 0.3) is 0 Å². The van der Waals surface area contributed by atoms with Gasteiger partial charge in [-0.25, -0.2) is 14.1 Å². The molecule has 0 saturated carbocycles. The van der Waals surface area contributed by atoms with Gasteiger partial charge in [-0.2, -0.15) is 23.5 Å². The van der Waals surface area contributed by atoms with Crippen molar-refractivity contribution in [2.45, 2.75) is 20.0 Å². The number of hydrogen-bond donors (Lipinski definition) is 2. The van der Waals surface area contributed by atoms with Crippen LogP contribution in [0.4, 0.5) is 23.2 Å². The van der Waals surface area contributed by atoms with Crippen molar-refractivity contribution in [1.82, 2.24) is 24.7 Å². The highest BCUT2D eigenvalue weighted by atomic mass is 19.4. The van der Waals surface area contributed by atoms with Crippen LogP contribution in [0.5, 0.6) is 0 Å². The Hall–Kier alpha value is -4.46. The molecule has 0 aliphatic heterocycles. The minimum atomic E-state index is -4.66. The standard InChI is InChI=1S/C24H17F4N7/c1-3-31-18-6-15(25)5-16-19-21(35-11-12(2)22(34-35)24(26,27)28)17(10-32-23(19)33-20(16)18)14-4-13(7-29)8-30-9-14/h4-6,8-11,31H,3H2,1-2H3,(H,32,33). The fourth-order valence-electron chi connectivity index (χ4n) is 4.19. The van der Waals surface area contributed by atoms with E-state index in [1.165, 1.54) is 43.8 Å². The van der Waals surface area contributed by atoms with Crippen LogP contribution in [-0.4, -0.2) is 31.3 Å². The molecule has 4 aromatic heterocycles. The van der Waals surface area contributed by atoms with Gasteiger partial charge in [-0.05, 0) is 37.6 Å². The van der Waals surface area contributed by atoms with E-state index in [-0.39, 0.29) is 16.8 Å². The Balaban J connectivity index is 1.93. The summed E-state index contributed by atoms with van der Waals surface area (Å²) in [6, 6.07) is 6.19. The summed E-state index contributed by atoms with van der Waals surface area (Å²) >= 11 is 0. The summed E-state index contributed by atoms with van der Waals surface area (Å²) in [6.07, 6.45) is 0.936. The van der Waals surface area contributed by atoms with Gasteiger partial charge >= 0.3 is 6.18 Å². The second kappa shape index (κ2) is 8.09. The predicted octanol–water partition coefficient (Wildman–Crippen LogP) is 5.73. The van der Waals surface area contributed by atoms with E-state index in [0.717, 1.165) is 4.68 Å². The van der Waals surface area contributed by atoms with Gasteiger partial charge in [0.2, 0.25) is 0 Å². The van der Waals surface area contributed by atoms with Crippen LogP contribution in [0.3, 0.4) is 0 Å². The molecule has 0 fully saturated rings. The predicted molar refractivity (Wildman–Crippen MR) is 123 cm³/mol. The average Bonchev–Trinajstić information content (AvgIpc) is 3.39. The van der Waals surface area contributed by atoms with Gasteiger partial charge in [0.1, 0.15) is 17.5 Å². The average molecular weight is 479 g/mol. The highest BCUT2D eigenvalue weighted by Gasteiger charge is 2.36. The van der Waals surface area contributed by atoms with Gasteiger partial charge in [0.05, 0.1) is 27.8 Å². The number of anilines is 1. The molecular weight excluding hydrogens is 462 g/mol. The smallest absolute Gasteiger partial charge is 0.384 e. The molecule has 0 radical (unpaired) electrons. The minimum Gasteiger partial charge on any atom is -0.384 e. The summed E-state index contributed by atoms with van der Waals surface area (Å²) in [6.45, 7) is 3.71. The molecule has 0 aliphatic carbocycles. The monoisotopic (exact) mass is 479 g/mol. The lowest BCUT2D eigenvalue weighted by Crippen LogP contribution is -2.09. The molecular formula is C24H17F4N7. The Bertz CT molecular complexity index is 1640. The number of hydrogen-bond acceptors (Lipinski definition) is 5. The van der Waals surface area contributed by atoms with Crippen LogP contribution >= 0.6 is 0 Å². The van der Waals surface area contributed by atoms with Crippen molar-refractivity contribution in [3.8, 4) is 22.9 Å². The molecule has 7 nitrogen and oxygen atoms in total. The maximum atomic E-state index is 14.6. The number of benzene rings is 1. The van der Waals surface area contributed by atoms with Gasteiger partial charge in [-0.15, -0.1) is 0 Å². The van der Waals surface area contributed by atoms with Crippen molar-refractivity contribution in [2.24, 2.45) is 0 Å². The van der Waals surface area contributed by atoms with Crippen LogP contribution in [0.25, 0.3) is 38.8 Å². The largest absolute Gasteiger partial charge is 0.435 e. The molecule has 176 valence electrons. The molecule has 35 heavy (non-hydrogen) atoms. The number of halogens is 4. The van der Waals surface area contributed by atoms with E-state index < -0.39 is 17.7 Å². The molecule has 5 aromatic rings. The zero-order valence-electron chi connectivity index (χ0n) is 18.5. The lowest BCUT2D eigenvalue weighted by Gasteiger charge is -2.12. The van der Waals surface area contributed by atoms with E-state index in [0.29, 0.717) is 45.3 Å². The molecule has 4 heterocycles. The molecule has 0 amide bonds. The van der Waals surface area contributed by atoms with Crippen LogP contribution in [0.1, 0.15) is 23.7 Å². The van der Waals surface area contributed by atoms with Crippen molar-refractivity contribution < 1.29 is 17.6 Å². The maximum absolute atomic E-state index is 14.6. The fourth-order valence-corrected chi connectivity index (χ4v) is 4.19. The van der Waals surface area contributed by atoms with E-state index >= 15 is 0 Å². The second-order valence-corrected chi connectivity index (χ2v) is 7.95. The van der Waals surface area contributed by atoms with Crippen LogP contribution in [0, 0.1) is 24.1 Å². The Morgan fingerprint density at radius 1 is 1.17 bits per heavy atom. The van der Waals surface area contributed by atoms with Gasteiger partial charge < -0.3 is 10.3 Å². The first kappa shape index (κ1) is 22.3. The maximum Gasteiger partial charge on any atom is 0.435 e. The van der Waals surface area contributed by atoms with Crippen molar-refractivity contribution >= 4 is 27.6 Å². The highest BCUT2D eigenvalue weighted by Crippen LogP contribution is 2.40. The second-order valence-electron chi connectivity index (χ2n) is 7.95. The number of nitrogens with one attached hydrogen (secondary N) is 2. The number of aromatic nitrogens is 5. The molecule has 5 rings (SSSR count). The number of nitriles is 1. The first-order chi connectivity index (χ1) is 16.7. The summed E-state index contributed by atoms with van der Waals surface area (Å²) in [7, 11) is 0. The highest BCUT2D eigenvalue weighted by molar-refractivity contribution is 6.15. The molecule has 0 aliphatic rings. The van der Waals surface area contributed by atoms with Gasteiger partial charge in [0, 0.05) is 47.8 Å². The first-order valence-corrected chi connectivity index (χ1v) is 10.6. The van der Waals surface area contributed by atoms with E-state index in [1.807, 2.05) is 13.0 Å². The third-order valence-electron chi connectivity index (χ3n) is 5.61. The molecule has 1 aromatic carbocycles. The summed E-state index contributed by atoms with van der Waals surface area (Å²) in [5.74, 6) is -0.522. The summed E-state index contributed by atoms with van der Waals surface area (Å²) in [5.41, 5.74) is 1.64. The van der Waals surface area contributed by atoms with Crippen LogP contribution in [0.2, 0.25) is 0 Å². The normalized spacial score (nSPS) is 11.8. The number of nitrogens with zero attached hydrogens (tertiary/aromatic N) is 5. The van der Waals surface area contributed by atoms with Crippen molar-refractivity contribution in [3.63, 3.8) is 0 Å². The number of aryl methyl sites for hydroxylation is 1. The number of pyridine rings is 2. The molecule has 0 spiro atoms. The van der Waals surface area contributed by atoms with Gasteiger partial charge in [-0.1, -0.05) is 0 Å². The number of rotatable bonds is 4. The van der Waals surface area contributed by atoms with Crippen LogP contribution in [-0.2, 0) is 6.18 Å². The molecule has 0 unspecified atom stereocenters. The Morgan fingerprint density at radius 3 is 2.66 bits per heavy atom. The number of H-pyrrole nitrogens is 1. The van der Waals surface area contributed by atoms with E-state index in [1.54, 1.807) is 6.07 Å². The zero-order valence-corrected chi connectivity index (χ0v) is 18.5. The first-order valence-electron chi connectivity index (χ1n) is 10.6. The SMILES string of the molecule is CCNc1cc(F)cc2c1[nH]c1ncc(-c3cncc(C#N)c3)c(-n3cc(C)c(C(F)(F)F)n3)c12. The Morgan fingerprint density at radius 2 is 1.97 bits per heavy atom. The quantitative estimate of drug-likeness (QED) is 0.321. The molecule has 2 N–H and O–H groups in total. The lowest BCUT2D eigenvalue weighted by atomic mass is 10.0. The third-order valence-corrected chi connectivity index (χ3v) is 5.61. The summed E-state index contributed by atoms with van der Waals surface area (Å²) in [4.78, 5) is 11.7. The van der Waals surface area contributed by atoms with Crippen molar-refractivity contribution in [1.29, 1.82) is 5.26 Å². The van der Waals surface area contributed by atoms with E-state index in [2.05, 4.69) is 25.4 Å². The van der Waals surface area contributed by atoms with Gasteiger partial charge in [-0.3, -0.25) is 4.98 Å². The van der Waals surface area contributed by atoms with Crippen molar-refractivity contribution in [3.05, 3.63) is 65.6 Å². The summed E-state index contributed by atoms with van der Waals surface area (Å²) in [5, 5.41) is 17.1. The Kier molecular flexibility index (Phi) is 5.16. The molecule has 11 heteroatoms. The molecule has 0 bridgehead atoms. The van der Waals surface area contributed by atoms with E-state index in [9.17, 15) is 22.8 Å². The molecule has 0 saturated heterocycles. The number of aromatic amines is 1. The van der Waals surface area contributed by atoms with Gasteiger partial charge in [0.15, 0.2) is 5.69 Å². The minimum absolute atomic E-state index is 0.0725. The lowest BCUT2D eigenvalue weighted by molar-refractivity contribution is -0.141. The summed E-state index contributed by atoms with van der Waals surface area (Å²) < 4.78 is 56.5. The molecule has 0 atom stereocenters. The third kappa shape index (κ3) is 3.73. The fraction of sp³-hybridized carbons (Fsp3) is 0.167. The van der Waals surface area contributed by atoms with Crippen LogP contribution < -0.4 is 5.32 Å². The Labute approximate surface area is 196 Å². The van der Waals surface area contributed by atoms with Crippen molar-refractivity contribution in [2.75, 3.05) is 11.9 Å². The number of alkyl halides is 3. The van der Waals surface area contributed by atoms with E-state index in [4.69, 9.17) is 0 Å². The number of fused-ring (bicyclic) bond motifs is 3. The van der Waals surface area contributed by atoms with Crippen LogP contribution in [0.15, 0.2) is 43.0 Å². The topological polar surface area (TPSA) is 95.2 Å².